The van der Waals surface area contributed by atoms with Gasteiger partial charge in [-0.15, -0.1) is 0 Å². The Hall–Kier alpha value is -1.11. The van der Waals surface area contributed by atoms with E-state index in [2.05, 4.69) is 0 Å². The molecule has 0 amide bonds. The van der Waals surface area contributed by atoms with Crippen LogP contribution in [0.1, 0.15) is 60.1 Å². The summed E-state index contributed by atoms with van der Waals surface area (Å²) in [6, 6.07) is 5.21. The molecule has 24 heavy (non-hydrogen) atoms. The van der Waals surface area contributed by atoms with Crippen LogP contribution in [-0.4, -0.2) is 19.6 Å². The lowest BCUT2D eigenvalue weighted by molar-refractivity contribution is -0.0226. The van der Waals surface area contributed by atoms with Crippen molar-refractivity contribution >= 4 is 10.3 Å². The van der Waals surface area contributed by atoms with Crippen LogP contribution in [0, 0.1) is 17.3 Å². The lowest BCUT2D eigenvalue weighted by atomic mass is 9.55. The maximum atomic E-state index is 11.2. The smallest absolute Gasteiger partial charge is 0.380 e. The molecule has 6 heteroatoms. The van der Waals surface area contributed by atoms with Crippen LogP contribution in [0.3, 0.4) is 0 Å². The zero-order chi connectivity index (χ0) is 19.8. The van der Waals surface area contributed by atoms with Crippen molar-refractivity contribution < 1.29 is 21.8 Å². The quantitative estimate of drug-likeness (QED) is 0.854. The molecule has 5 atom stereocenters. The number of fused-ring (bicyclic) bond motifs is 5. The first-order valence-corrected chi connectivity index (χ1v) is 9.90. The van der Waals surface area contributed by atoms with Gasteiger partial charge < -0.3 is 9.29 Å². The van der Waals surface area contributed by atoms with E-state index in [1.54, 1.807) is 12.1 Å². The first-order valence-electron chi connectivity index (χ1n) is 9.93. The van der Waals surface area contributed by atoms with Crippen LogP contribution in [0.25, 0.3) is 0 Å². The highest BCUT2D eigenvalue weighted by atomic mass is 32.2. The molecule has 3 aliphatic rings. The van der Waals surface area contributed by atoms with Crippen LogP contribution >= 0.6 is 0 Å². The standard InChI is InChI=1S/C18H25NO4S/c1-18-9-8-14-13-5-3-12(23-24(19,21)22)10-11(13)2-4-15(14)16(18)6-7-17(18)20/h3,5,10,14-17,20H,2,4,6-9H2,1H3,(H2,19,21,22)/t14-,15-,16+,17?,18+/m1/s1/i7D2,17D. The number of aryl methyl sites for hydroxylation is 1. The average molecular weight is 354 g/mol. The van der Waals surface area contributed by atoms with Gasteiger partial charge in [0.25, 0.3) is 0 Å². The van der Waals surface area contributed by atoms with Gasteiger partial charge in [-0.25, -0.2) is 0 Å². The van der Waals surface area contributed by atoms with E-state index in [-0.39, 0.29) is 29.9 Å². The largest absolute Gasteiger partial charge is 0.393 e. The van der Waals surface area contributed by atoms with Gasteiger partial charge in [0.05, 0.1) is 7.45 Å². The van der Waals surface area contributed by atoms with Crippen molar-refractivity contribution in [1.29, 1.82) is 0 Å². The Morgan fingerprint density at radius 3 is 2.96 bits per heavy atom. The van der Waals surface area contributed by atoms with E-state index in [4.69, 9.17) is 13.4 Å². The van der Waals surface area contributed by atoms with Gasteiger partial charge in [-0.2, -0.15) is 13.6 Å². The zero-order valence-corrected chi connectivity index (χ0v) is 14.5. The molecule has 0 heterocycles. The van der Waals surface area contributed by atoms with E-state index in [0.717, 1.165) is 30.4 Å². The number of aliphatic hydroxyl groups is 1. The molecular weight excluding hydrogens is 326 g/mol. The summed E-state index contributed by atoms with van der Waals surface area (Å²) >= 11 is 0. The van der Waals surface area contributed by atoms with Crippen molar-refractivity contribution in [2.45, 2.75) is 57.4 Å². The normalized spacial score (nSPS) is 45.1. The molecule has 0 radical (unpaired) electrons. The minimum absolute atomic E-state index is 0.0535. The molecule has 3 aliphatic carbocycles. The summed E-state index contributed by atoms with van der Waals surface area (Å²) in [5, 5.41) is 15.7. The Morgan fingerprint density at radius 1 is 1.42 bits per heavy atom. The Kier molecular flexibility index (Phi) is 2.98. The van der Waals surface area contributed by atoms with Gasteiger partial charge in [-0.3, -0.25) is 0 Å². The molecule has 1 unspecified atom stereocenters. The Balaban J connectivity index is 1.67. The van der Waals surface area contributed by atoms with E-state index < -0.39 is 28.2 Å². The third-order valence-electron chi connectivity index (χ3n) is 6.33. The first-order chi connectivity index (χ1) is 12.4. The minimum atomic E-state index is -4.06. The van der Waals surface area contributed by atoms with Gasteiger partial charge in [0, 0.05) is 2.74 Å². The molecule has 0 aromatic heterocycles. The summed E-state index contributed by atoms with van der Waals surface area (Å²) in [7, 11) is -4.06. The first kappa shape index (κ1) is 13.1. The number of nitrogens with two attached hydrogens (primary N) is 1. The highest BCUT2D eigenvalue weighted by Crippen LogP contribution is 2.60. The molecule has 2 saturated carbocycles. The summed E-state index contributed by atoms with van der Waals surface area (Å²) in [6.07, 6.45) is -0.887. The van der Waals surface area contributed by atoms with Crippen molar-refractivity contribution in [2.24, 2.45) is 22.4 Å². The lowest BCUT2D eigenvalue weighted by Crippen LogP contribution is -2.43. The van der Waals surface area contributed by atoms with E-state index in [1.807, 2.05) is 13.0 Å². The van der Waals surface area contributed by atoms with Crippen LogP contribution in [0.2, 0.25) is 0 Å². The summed E-state index contributed by atoms with van der Waals surface area (Å²) in [6.45, 7) is 1.87. The highest BCUT2D eigenvalue weighted by Gasteiger charge is 2.54. The Bertz CT molecular complexity index is 889. The number of hydrogen-bond donors (Lipinski definition) is 2. The second-order valence-electron chi connectivity index (χ2n) is 7.54. The summed E-state index contributed by atoms with van der Waals surface area (Å²) in [5.74, 6) is 0.575. The van der Waals surface area contributed by atoms with E-state index in [9.17, 15) is 13.5 Å². The van der Waals surface area contributed by atoms with Crippen LogP contribution < -0.4 is 9.32 Å². The number of benzene rings is 1. The molecule has 0 aliphatic heterocycles. The van der Waals surface area contributed by atoms with E-state index in [1.165, 1.54) is 0 Å². The molecule has 5 nitrogen and oxygen atoms in total. The van der Waals surface area contributed by atoms with Crippen LogP contribution in [0.5, 0.6) is 5.75 Å². The Labute approximate surface area is 147 Å². The van der Waals surface area contributed by atoms with Crippen molar-refractivity contribution in [3.8, 4) is 5.75 Å². The van der Waals surface area contributed by atoms with Gasteiger partial charge in [0.15, 0.2) is 0 Å². The molecule has 2 fully saturated rings. The van der Waals surface area contributed by atoms with Crippen molar-refractivity contribution in [3.63, 3.8) is 0 Å². The summed E-state index contributed by atoms with van der Waals surface area (Å²) in [4.78, 5) is 0. The average Bonchev–Trinajstić information content (AvgIpc) is 2.69. The van der Waals surface area contributed by atoms with Gasteiger partial charge in [0.2, 0.25) is 0 Å². The fourth-order valence-corrected chi connectivity index (χ4v) is 5.52. The number of rotatable bonds is 2. The monoisotopic (exact) mass is 354 g/mol. The van der Waals surface area contributed by atoms with Crippen LogP contribution in [0.4, 0.5) is 0 Å². The molecule has 1 aromatic carbocycles. The fourth-order valence-electron chi connectivity index (χ4n) is 5.14. The highest BCUT2D eigenvalue weighted by molar-refractivity contribution is 7.84. The second kappa shape index (κ2) is 5.44. The fraction of sp³-hybridized carbons (Fsp3) is 0.667. The molecule has 0 spiro atoms. The number of hydrogen-bond acceptors (Lipinski definition) is 4. The predicted molar refractivity (Wildman–Crippen MR) is 90.8 cm³/mol. The van der Waals surface area contributed by atoms with E-state index >= 15 is 0 Å². The van der Waals surface area contributed by atoms with Gasteiger partial charge >= 0.3 is 10.3 Å². The molecule has 132 valence electrons. The third kappa shape index (κ3) is 2.55. The molecular formula is C18H25NO4S. The van der Waals surface area contributed by atoms with Crippen LogP contribution in [-0.2, 0) is 16.7 Å². The molecule has 3 N–H and O–H groups in total. The van der Waals surface area contributed by atoms with Gasteiger partial charge in [-0.1, -0.05) is 13.0 Å². The third-order valence-corrected chi connectivity index (χ3v) is 6.76. The zero-order valence-electron chi connectivity index (χ0n) is 16.7. The Morgan fingerprint density at radius 2 is 2.21 bits per heavy atom. The maximum absolute atomic E-state index is 11.2. The lowest BCUT2D eigenvalue weighted by Gasteiger charge is -2.50. The predicted octanol–water partition coefficient (Wildman–Crippen LogP) is 2.49. The van der Waals surface area contributed by atoms with E-state index in [0.29, 0.717) is 6.42 Å². The molecule has 0 saturated heterocycles. The molecule has 0 bridgehead atoms. The van der Waals surface area contributed by atoms with Gasteiger partial charge in [-0.05, 0) is 84.9 Å². The maximum Gasteiger partial charge on any atom is 0.380 e. The summed E-state index contributed by atoms with van der Waals surface area (Å²) in [5.41, 5.74) is 1.41. The SMILES string of the molecule is [2H]C1([2H])C[C@H]2[C@@H]3CCc4cc(OS(N)(=O)=O)ccc4[C@H]3CC[C@]2(C)C1([2H])O. The molecule has 4 rings (SSSR count). The van der Waals surface area contributed by atoms with Crippen molar-refractivity contribution in [3.05, 3.63) is 29.3 Å². The van der Waals surface area contributed by atoms with Crippen molar-refractivity contribution in [2.75, 3.05) is 0 Å². The van der Waals surface area contributed by atoms with Crippen LogP contribution in [0.15, 0.2) is 18.2 Å². The van der Waals surface area contributed by atoms with Gasteiger partial charge in [0.1, 0.15) is 5.75 Å². The second-order valence-corrected chi connectivity index (χ2v) is 8.69. The summed E-state index contributed by atoms with van der Waals surface area (Å²) < 4.78 is 51.9. The molecule has 1 aromatic rings. The minimum Gasteiger partial charge on any atom is -0.393 e. The topological polar surface area (TPSA) is 89.6 Å². The van der Waals surface area contributed by atoms with Crippen molar-refractivity contribution in [1.82, 2.24) is 0 Å².